The zero-order valence-electron chi connectivity index (χ0n) is 23.0. The van der Waals surface area contributed by atoms with E-state index in [1.54, 1.807) is 17.7 Å². The van der Waals surface area contributed by atoms with Crippen LogP contribution in [-0.4, -0.2) is 62.6 Å². The third-order valence-electron chi connectivity index (χ3n) is 8.96. The van der Waals surface area contributed by atoms with Crippen molar-refractivity contribution in [3.63, 3.8) is 0 Å². The number of halogens is 1. The van der Waals surface area contributed by atoms with Crippen molar-refractivity contribution in [2.45, 2.75) is 45.2 Å². The molecule has 2 aromatic heterocycles. The Morgan fingerprint density at radius 2 is 1.88 bits per heavy atom. The molecule has 6 rings (SSSR count). The summed E-state index contributed by atoms with van der Waals surface area (Å²) in [5, 5.41) is 13.4. The highest BCUT2D eigenvalue weighted by Crippen LogP contribution is 2.53. The van der Waals surface area contributed by atoms with E-state index in [4.69, 9.17) is 16.6 Å². The van der Waals surface area contributed by atoms with Gasteiger partial charge in [0.05, 0.1) is 22.6 Å². The summed E-state index contributed by atoms with van der Waals surface area (Å²) in [6.07, 6.45) is 3.39. The highest BCUT2D eigenvalue weighted by molar-refractivity contribution is 6.29. The number of piperidine rings is 1. The number of amides is 1. The van der Waals surface area contributed by atoms with Crippen LogP contribution < -0.4 is 15.8 Å². The maximum atomic E-state index is 13.6. The lowest BCUT2D eigenvalue weighted by atomic mass is 9.91. The number of nitrogens with one attached hydrogen (secondary N) is 1. The molecule has 3 aliphatic rings. The normalized spacial score (nSPS) is 22.5. The van der Waals surface area contributed by atoms with Crippen LogP contribution >= 0.6 is 11.6 Å². The molecular formula is C29H33ClN6O4. The summed E-state index contributed by atoms with van der Waals surface area (Å²) in [5.41, 5.74) is 2.25. The first-order valence-corrected chi connectivity index (χ1v) is 14.1. The van der Waals surface area contributed by atoms with Crippen molar-refractivity contribution in [3.8, 4) is 0 Å². The molecule has 3 heterocycles. The molecule has 1 aromatic carbocycles. The monoisotopic (exact) mass is 564 g/mol. The Morgan fingerprint density at radius 1 is 1.18 bits per heavy atom. The lowest BCUT2D eigenvalue weighted by Gasteiger charge is -2.35. The van der Waals surface area contributed by atoms with Gasteiger partial charge in [-0.25, -0.2) is 14.8 Å². The molecule has 10 nitrogen and oxygen atoms in total. The van der Waals surface area contributed by atoms with Gasteiger partial charge in [-0.1, -0.05) is 17.7 Å². The van der Waals surface area contributed by atoms with Gasteiger partial charge in [0.1, 0.15) is 5.15 Å². The molecule has 1 saturated heterocycles. The van der Waals surface area contributed by atoms with Gasteiger partial charge < -0.3 is 20.2 Å². The third-order valence-corrected chi connectivity index (χ3v) is 9.18. The summed E-state index contributed by atoms with van der Waals surface area (Å²) in [4.78, 5) is 51.4. The van der Waals surface area contributed by atoms with Crippen LogP contribution in [0.1, 0.15) is 53.8 Å². The van der Waals surface area contributed by atoms with Crippen LogP contribution in [0, 0.1) is 24.7 Å². The Labute approximate surface area is 237 Å². The Morgan fingerprint density at radius 3 is 2.50 bits per heavy atom. The first kappa shape index (κ1) is 26.6. The van der Waals surface area contributed by atoms with E-state index in [1.807, 2.05) is 37.9 Å². The molecule has 3 fully saturated rings. The van der Waals surface area contributed by atoms with Gasteiger partial charge in [0.15, 0.2) is 5.69 Å². The molecule has 210 valence electrons. The molecule has 11 heteroatoms. The van der Waals surface area contributed by atoms with Gasteiger partial charge in [0.25, 0.3) is 5.56 Å². The highest BCUT2D eigenvalue weighted by atomic mass is 35.5. The molecule has 0 bridgehead atoms. The average Bonchev–Trinajstić information content (AvgIpc) is 3.37. The second-order valence-electron chi connectivity index (χ2n) is 11.5. The Balaban J connectivity index is 1.29. The number of rotatable bonds is 7. The number of aromatic nitrogens is 3. The quantitative estimate of drug-likeness (QED) is 0.415. The number of carboxylic acids is 1. The van der Waals surface area contributed by atoms with Crippen LogP contribution in [0.4, 0.5) is 11.6 Å². The summed E-state index contributed by atoms with van der Waals surface area (Å²) < 4.78 is 1.59. The number of carbonyl (C=O) groups is 2. The number of hydrogen-bond acceptors (Lipinski definition) is 7. The SMILES string of the molecule is Cc1cc([C@H](C)Nc2ccc(Cl)nc2C(=O)O)c2nc(N3C[C@@H]4C(C(=O)N(C)C5CCC5)[C@@H]4C3)n(C)c(=O)c2c1. The lowest BCUT2D eigenvalue weighted by molar-refractivity contribution is -0.135. The average molecular weight is 565 g/mol. The van der Waals surface area contributed by atoms with Crippen molar-refractivity contribution >= 4 is 46.0 Å². The van der Waals surface area contributed by atoms with Crippen LogP contribution in [0.5, 0.6) is 0 Å². The number of aryl methyl sites for hydroxylation is 1. The van der Waals surface area contributed by atoms with E-state index in [0.717, 1.165) is 24.0 Å². The number of pyridine rings is 1. The maximum Gasteiger partial charge on any atom is 0.356 e. The fourth-order valence-corrected chi connectivity index (χ4v) is 6.57. The van der Waals surface area contributed by atoms with Gasteiger partial charge in [-0.15, -0.1) is 0 Å². The van der Waals surface area contributed by atoms with E-state index in [9.17, 15) is 19.5 Å². The van der Waals surface area contributed by atoms with Crippen molar-refractivity contribution < 1.29 is 14.7 Å². The number of benzene rings is 1. The van der Waals surface area contributed by atoms with Gasteiger partial charge in [-0.3, -0.25) is 14.2 Å². The van der Waals surface area contributed by atoms with Crippen molar-refractivity contribution in [2.24, 2.45) is 24.8 Å². The van der Waals surface area contributed by atoms with E-state index in [1.165, 1.54) is 12.5 Å². The molecule has 0 spiro atoms. The number of hydrogen-bond donors (Lipinski definition) is 2. The Kier molecular flexibility index (Phi) is 6.48. The molecule has 2 saturated carbocycles. The summed E-state index contributed by atoms with van der Waals surface area (Å²) in [5.74, 6) is 0.289. The minimum Gasteiger partial charge on any atom is -0.476 e. The maximum absolute atomic E-state index is 13.6. The largest absolute Gasteiger partial charge is 0.476 e. The number of aromatic carboxylic acids is 1. The van der Waals surface area contributed by atoms with Crippen molar-refractivity contribution in [3.05, 3.63) is 56.6 Å². The van der Waals surface area contributed by atoms with Gasteiger partial charge in [-0.2, -0.15) is 0 Å². The second kappa shape index (κ2) is 9.76. The van der Waals surface area contributed by atoms with Gasteiger partial charge >= 0.3 is 5.97 Å². The molecule has 1 amide bonds. The number of nitrogens with zero attached hydrogens (tertiary/aromatic N) is 5. The van der Waals surface area contributed by atoms with E-state index in [-0.39, 0.29) is 46.1 Å². The summed E-state index contributed by atoms with van der Waals surface area (Å²) in [6.45, 7) is 5.20. The zero-order chi connectivity index (χ0) is 28.5. The van der Waals surface area contributed by atoms with Crippen LogP contribution in [0.25, 0.3) is 10.9 Å². The lowest BCUT2D eigenvalue weighted by Crippen LogP contribution is -2.43. The minimum atomic E-state index is -1.19. The van der Waals surface area contributed by atoms with Gasteiger partial charge in [0.2, 0.25) is 11.9 Å². The molecule has 1 unspecified atom stereocenters. The summed E-state index contributed by atoms with van der Waals surface area (Å²) in [6, 6.07) is 6.93. The highest BCUT2D eigenvalue weighted by Gasteiger charge is 2.61. The van der Waals surface area contributed by atoms with E-state index < -0.39 is 5.97 Å². The molecule has 2 aliphatic carbocycles. The predicted octanol–water partition coefficient (Wildman–Crippen LogP) is 3.85. The van der Waals surface area contributed by atoms with Gasteiger partial charge in [-0.05, 0) is 68.7 Å². The zero-order valence-corrected chi connectivity index (χ0v) is 23.8. The van der Waals surface area contributed by atoms with Crippen molar-refractivity contribution in [1.82, 2.24) is 19.4 Å². The number of anilines is 2. The molecular weight excluding hydrogens is 532 g/mol. The molecule has 40 heavy (non-hydrogen) atoms. The van der Waals surface area contributed by atoms with Crippen LogP contribution in [0.3, 0.4) is 0 Å². The van der Waals surface area contributed by atoms with Crippen molar-refractivity contribution in [2.75, 3.05) is 30.4 Å². The molecule has 3 aromatic rings. The predicted molar refractivity (Wildman–Crippen MR) is 153 cm³/mol. The first-order valence-electron chi connectivity index (χ1n) is 13.7. The second-order valence-corrected chi connectivity index (χ2v) is 11.9. The number of carbonyl (C=O) groups excluding carboxylic acids is 1. The molecule has 2 N–H and O–H groups in total. The molecule has 1 aliphatic heterocycles. The van der Waals surface area contributed by atoms with E-state index in [2.05, 4.69) is 15.2 Å². The Hall–Kier alpha value is -3.66. The number of fused-ring (bicyclic) bond motifs is 2. The standard InChI is InChI=1S/C29H33ClN6O4/c1-14-10-17(15(2)31-21-8-9-22(30)32-25(21)28(39)40)24-18(11-14)26(37)35(4)29(33-24)36-12-19-20(13-36)23(19)27(38)34(3)16-6-5-7-16/h8-11,15-16,19-20,23,31H,5-7,12-13H2,1-4H3,(H,39,40)/t15-,19-,20+,23?/m0/s1. The van der Waals surface area contributed by atoms with E-state index >= 15 is 0 Å². The van der Waals surface area contributed by atoms with Crippen LogP contribution in [-0.2, 0) is 11.8 Å². The fourth-order valence-electron chi connectivity index (χ4n) is 6.42. The minimum absolute atomic E-state index is 0.0678. The van der Waals surface area contributed by atoms with Crippen LogP contribution in [0.2, 0.25) is 5.15 Å². The summed E-state index contributed by atoms with van der Waals surface area (Å²) >= 11 is 5.93. The van der Waals surface area contributed by atoms with E-state index in [0.29, 0.717) is 41.7 Å². The third kappa shape index (κ3) is 4.38. The Bertz CT molecular complexity index is 1590. The topological polar surface area (TPSA) is 121 Å². The molecule has 4 atom stereocenters. The van der Waals surface area contributed by atoms with Gasteiger partial charge in [0, 0.05) is 44.7 Å². The van der Waals surface area contributed by atoms with Crippen molar-refractivity contribution in [1.29, 1.82) is 0 Å². The van der Waals surface area contributed by atoms with Crippen LogP contribution in [0.15, 0.2) is 29.1 Å². The smallest absolute Gasteiger partial charge is 0.356 e. The fraction of sp³-hybridized carbons (Fsp3) is 0.483. The summed E-state index contributed by atoms with van der Waals surface area (Å²) in [7, 11) is 3.67. The molecule has 0 radical (unpaired) electrons. The first-order chi connectivity index (χ1) is 19.0. The number of carboxylic acid groups (broad SMARTS) is 1.